The monoisotopic (exact) mass is 803 g/mol. The molecule has 3 N–H and O–H groups in total. The van der Waals surface area contributed by atoms with Gasteiger partial charge < -0.3 is 29.5 Å². The van der Waals surface area contributed by atoms with Crippen molar-refractivity contribution < 1.29 is 88.0 Å². The second kappa shape index (κ2) is 11.4. The average molecular weight is 804 g/mol. The van der Waals surface area contributed by atoms with Crippen LogP contribution in [0.1, 0.15) is 78.0 Å². The van der Waals surface area contributed by atoms with Crippen LogP contribution in [-0.2, 0) is 28.6 Å². The van der Waals surface area contributed by atoms with Crippen LogP contribution in [0, 0.1) is 60.8 Å². The molecule has 11 heteroatoms. The average Bonchev–Trinajstić information content (AvgIpc) is 3.41. The van der Waals surface area contributed by atoms with Gasteiger partial charge in [-0.1, -0.05) is 39.3 Å². The Morgan fingerprint density at radius 2 is 1.88 bits per heavy atom. The standard InChI is InChI=1S/C30H40O9S.Ac/c1-15-18-12-21(32)28(6)10-9-22-29(35,14-37-22)24(28)25(38-17(3)31)30(36,27(18,4)5)13-19(15)39-26(34)23(33)16(2)20-8-7-11-40-20;/h7-8,11,16,19,22-25,33,35-36H,9-10,12-14H2,1-6H3;/t16-,19-,22+,23+,24-,25-,28-,29-,30+;/m0./s1. The molecule has 3 fully saturated rings. The molecule has 1 radical (unpaired) electrons. The Labute approximate surface area is 280 Å². The van der Waals surface area contributed by atoms with Gasteiger partial charge in [-0.05, 0) is 36.8 Å². The topological polar surface area (TPSA) is 140 Å². The third kappa shape index (κ3) is 5.04. The van der Waals surface area contributed by atoms with Crippen LogP contribution in [0.15, 0.2) is 28.7 Å². The number of hydrogen-bond acceptors (Lipinski definition) is 10. The molecule has 0 amide bonds. The van der Waals surface area contributed by atoms with Crippen LogP contribution >= 0.6 is 11.3 Å². The molecule has 1 saturated heterocycles. The van der Waals surface area contributed by atoms with Crippen LogP contribution in [0.25, 0.3) is 0 Å². The SMILES string of the molecule is CC(=O)O[C@H]1[C@@H]2[C@]3(O)CO[C@@H]3CC[C@@]2(C)C(=O)CC2=C(C)[C@@H](OC(=O)[C@H](O)[C@@H](C)c3cccs3)C[C@]1(O)C2(C)C.[Ac]. The number of fused-ring (bicyclic) bond motifs is 5. The number of ether oxygens (including phenoxy) is 3. The van der Waals surface area contributed by atoms with Crippen LogP contribution in [0.5, 0.6) is 0 Å². The summed E-state index contributed by atoms with van der Waals surface area (Å²) in [5, 5.41) is 37.3. The Morgan fingerprint density at radius 3 is 2.44 bits per heavy atom. The van der Waals surface area contributed by atoms with E-state index in [-0.39, 0.29) is 69.3 Å². The fourth-order valence-corrected chi connectivity index (χ4v) is 8.56. The summed E-state index contributed by atoms with van der Waals surface area (Å²) in [6.07, 6.45) is -3.50. The summed E-state index contributed by atoms with van der Waals surface area (Å²) in [5.41, 5.74) is -4.20. The number of carbonyl (C=O) groups excluding carboxylic acids is 3. The van der Waals surface area contributed by atoms with E-state index in [0.29, 0.717) is 24.0 Å². The maximum atomic E-state index is 14.1. The first-order valence-electron chi connectivity index (χ1n) is 14.0. The fourth-order valence-electron chi connectivity index (χ4n) is 7.75. The Balaban J connectivity index is 0.00000387. The minimum Gasteiger partial charge on any atom is -0.459 e. The fraction of sp³-hybridized carbons (Fsp3) is 0.700. The van der Waals surface area contributed by atoms with Gasteiger partial charge in [0.15, 0.2) is 6.10 Å². The number of carbonyl (C=O) groups is 3. The Kier molecular flexibility index (Phi) is 9.21. The summed E-state index contributed by atoms with van der Waals surface area (Å²) in [7, 11) is 0. The van der Waals surface area contributed by atoms with Gasteiger partial charge in [0.1, 0.15) is 29.2 Å². The number of aliphatic hydroxyl groups excluding tert-OH is 1. The second-order valence-electron chi connectivity index (χ2n) is 12.9. The second-order valence-corrected chi connectivity index (χ2v) is 13.9. The first kappa shape index (κ1) is 33.2. The zero-order chi connectivity index (χ0) is 29.4. The molecule has 0 unspecified atom stereocenters. The maximum absolute atomic E-state index is 14.1. The van der Waals surface area contributed by atoms with Crippen molar-refractivity contribution in [2.45, 2.75) is 109 Å². The van der Waals surface area contributed by atoms with Crippen molar-refractivity contribution in [3.05, 3.63) is 33.5 Å². The number of thiophene rings is 1. The molecule has 1 aromatic rings. The van der Waals surface area contributed by atoms with E-state index in [4.69, 9.17) is 14.2 Å². The Hall–Kier alpha value is -0.668. The number of rotatable bonds is 5. The number of ketones is 1. The van der Waals surface area contributed by atoms with E-state index in [2.05, 4.69) is 0 Å². The molecule has 9 atom stereocenters. The van der Waals surface area contributed by atoms with Gasteiger partial charge in [-0.15, -0.1) is 11.3 Å². The van der Waals surface area contributed by atoms with Crippen molar-refractivity contribution in [1.29, 1.82) is 0 Å². The third-order valence-electron chi connectivity index (χ3n) is 10.5. The summed E-state index contributed by atoms with van der Waals surface area (Å²) in [6, 6.07) is 3.67. The number of hydrogen-bond donors (Lipinski definition) is 3. The molecule has 5 rings (SSSR count). The molecule has 2 saturated carbocycles. The van der Waals surface area contributed by atoms with Gasteiger partial charge in [0.05, 0.1) is 12.7 Å². The molecule has 2 bridgehead atoms. The molecular weight excluding hydrogens is 763 g/mol. The number of aliphatic hydroxyl groups is 3. The van der Waals surface area contributed by atoms with Gasteiger partial charge in [-0.2, -0.15) is 0 Å². The van der Waals surface area contributed by atoms with Crippen LogP contribution < -0.4 is 0 Å². The predicted octanol–water partition coefficient (Wildman–Crippen LogP) is 3.05. The summed E-state index contributed by atoms with van der Waals surface area (Å²) < 4.78 is 17.4. The molecule has 2 heterocycles. The molecule has 9 nitrogen and oxygen atoms in total. The largest absolute Gasteiger partial charge is 0.459 e. The van der Waals surface area contributed by atoms with Gasteiger partial charge >= 0.3 is 11.9 Å². The van der Waals surface area contributed by atoms with Crippen molar-refractivity contribution in [2.24, 2.45) is 16.7 Å². The predicted molar refractivity (Wildman–Crippen MR) is 145 cm³/mol. The zero-order valence-electron chi connectivity index (χ0n) is 24.5. The first-order chi connectivity index (χ1) is 18.6. The van der Waals surface area contributed by atoms with Gasteiger partial charge in [0.25, 0.3) is 0 Å². The van der Waals surface area contributed by atoms with Gasteiger partial charge in [0.2, 0.25) is 0 Å². The zero-order valence-corrected chi connectivity index (χ0v) is 30.1. The van der Waals surface area contributed by atoms with Gasteiger partial charge in [-0.25, -0.2) is 4.79 Å². The summed E-state index contributed by atoms with van der Waals surface area (Å²) in [5.74, 6) is -3.06. The molecule has 223 valence electrons. The van der Waals surface area contributed by atoms with Gasteiger partial charge in [-0.3, -0.25) is 9.59 Å². The smallest absolute Gasteiger partial charge is 0.336 e. The van der Waals surface area contributed by atoms with E-state index in [1.54, 1.807) is 34.6 Å². The molecule has 1 aliphatic heterocycles. The third-order valence-corrected chi connectivity index (χ3v) is 11.6. The molecule has 4 aliphatic rings. The van der Waals surface area contributed by atoms with Crippen LogP contribution in [0.3, 0.4) is 0 Å². The summed E-state index contributed by atoms with van der Waals surface area (Å²) in [6.45, 7) is 10.1. The number of esters is 2. The molecule has 3 aliphatic carbocycles. The van der Waals surface area contributed by atoms with E-state index >= 15 is 0 Å². The van der Waals surface area contributed by atoms with Crippen LogP contribution in [0.4, 0.5) is 0 Å². The normalized spacial score (nSPS) is 39.0. The van der Waals surface area contributed by atoms with Crippen molar-refractivity contribution in [3.8, 4) is 0 Å². The summed E-state index contributed by atoms with van der Waals surface area (Å²) >= 11 is 1.43. The molecule has 1 aromatic heterocycles. The molecule has 0 spiro atoms. The molecular formula is C30H40AcO9S. The summed E-state index contributed by atoms with van der Waals surface area (Å²) in [4.78, 5) is 40.7. The van der Waals surface area contributed by atoms with E-state index in [1.165, 1.54) is 18.3 Å². The van der Waals surface area contributed by atoms with Crippen molar-refractivity contribution in [3.63, 3.8) is 0 Å². The van der Waals surface area contributed by atoms with Crippen LogP contribution in [-0.4, -0.2) is 75.3 Å². The Morgan fingerprint density at radius 1 is 1.20 bits per heavy atom. The van der Waals surface area contributed by atoms with Crippen molar-refractivity contribution >= 4 is 29.1 Å². The van der Waals surface area contributed by atoms with E-state index in [9.17, 15) is 29.7 Å². The quantitative estimate of drug-likeness (QED) is 0.303. The van der Waals surface area contributed by atoms with Crippen LogP contribution in [0.2, 0.25) is 0 Å². The van der Waals surface area contributed by atoms with Crippen molar-refractivity contribution in [2.75, 3.05) is 6.61 Å². The first-order valence-corrected chi connectivity index (χ1v) is 14.8. The van der Waals surface area contributed by atoms with Gasteiger partial charge in [0, 0.05) is 91.4 Å². The van der Waals surface area contributed by atoms with E-state index in [1.807, 2.05) is 17.5 Å². The Bertz CT molecular complexity index is 1240. The van der Waals surface area contributed by atoms with Crippen molar-refractivity contribution in [1.82, 2.24) is 0 Å². The molecule has 41 heavy (non-hydrogen) atoms. The molecule has 0 aromatic carbocycles. The van der Waals surface area contributed by atoms with E-state index < -0.39 is 70.2 Å². The minimum atomic E-state index is -1.82. The minimum absolute atomic E-state index is 0. The van der Waals surface area contributed by atoms with E-state index in [0.717, 1.165) is 4.88 Å². The number of Topliss-reactive ketones (excluding diaryl/α,β-unsaturated/α-hetero) is 1. The maximum Gasteiger partial charge on any atom is 0.336 e.